The Kier molecular flexibility index (Phi) is 8.98. The van der Waals surface area contributed by atoms with Gasteiger partial charge in [-0.05, 0) is 56.8 Å². The van der Waals surface area contributed by atoms with E-state index in [0.29, 0.717) is 6.04 Å². The molecule has 1 rings (SSSR count). The number of aryl methyl sites for hydroxylation is 1. The van der Waals surface area contributed by atoms with E-state index >= 15 is 0 Å². The third-order valence-electron chi connectivity index (χ3n) is 3.71. The number of hydrogen-bond acceptors (Lipinski definition) is 2. The lowest BCUT2D eigenvalue weighted by Gasteiger charge is -2.28. The average molecular weight is 312 g/mol. The van der Waals surface area contributed by atoms with Gasteiger partial charge in [0.05, 0.1) is 6.10 Å². The molecule has 0 aliphatic heterocycles. The van der Waals surface area contributed by atoms with E-state index in [0.717, 1.165) is 43.9 Å². The molecule has 0 bridgehead atoms. The van der Waals surface area contributed by atoms with Crippen LogP contribution in [-0.4, -0.2) is 25.3 Å². The maximum atomic E-state index is 6.40. The zero-order valence-electron chi connectivity index (χ0n) is 13.9. The second-order valence-corrected chi connectivity index (χ2v) is 6.05. The van der Waals surface area contributed by atoms with E-state index in [1.165, 1.54) is 11.1 Å². The van der Waals surface area contributed by atoms with E-state index in [9.17, 15) is 0 Å². The van der Waals surface area contributed by atoms with E-state index in [1.807, 2.05) is 6.07 Å². The molecule has 0 heterocycles. The van der Waals surface area contributed by atoms with Gasteiger partial charge in [-0.25, -0.2) is 0 Å². The van der Waals surface area contributed by atoms with Crippen molar-refractivity contribution in [2.45, 2.75) is 65.5 Å². The maximum Gasteiger partial charge on any atom is 0.0731 e. The summed E-state index contributed by atoms with van der Waals surface area (Å²) in [6, 6.07) is 6.65. The summed E-state index contributed by atoms with van der Waals surface area (Å²) < 4.78 is 5.97. The van der Waals surface area contributed by atoms with Crippen LogP contribution >= 0.6 is 11.6 Å². The van der Waals surface area contributed by atoms with Crippen LogP contribution in [0.2, 0.25) is 5.02 Å². The molecule has 21 heavy (non-hydrogen) atoms. The maximum absolute atomic E-state index is 6.40. The highest BCUT2D eigenvalue weighted by atomic mass is 35.5. The topological polar surface area (TPSA) is 21.3 Å². The molecule has 0 amide bonds. The molecule has 0 aromatic heterocycles. The summed E-state index contributed by atoms with van der Waals surface area (Å²) in [6.45, 7) is 10.3. The van der Waals surface area contributed by atoms with E-state index in [4.69, 9.17) is 16.3 Å². The Balaban J connectivity index is 2.84. The standard InChI is InChI=1S/C18H30ClNO/c1-5-8-18(21-7-3)17(20-11-6-2)13-15-10-9-14(4)12-16(15)19/h9-10,12,17-18,20H,5-8,11,13H2,1-4H3. The predicted molar refractivity (Wildman–Crippen MR) is 92.3 cm³/mol. The highest BCUT2D eigenvalue weighted by molar-refractivity contribution is 6.31. The molecule has 0 radical (unpaired) electrons. The largest absolute Gasteiger partial charge is 0.377 e. The molecule has 2 unspecified atom stereocenters. The Morgan fingerprint density at radius 1 is 1.19 bits per heavy atom. The summed E-state index contributed by atoms with van der Waals surface area (Å²) >= 11 is 6.40. The smallest absolute Gasteiger partial charge is 0.0731 e. The summed E-state index contributed by atoms with van der Waals surface area (Å²) in [5.41, 5.74) is 2.41. The number of hydrogen-bond donors (Lipinski definition) is 1. The summed E-state index contributed by atoms with van der Waals surface area (Å²) in [7, 11) is 0. The van der Waals surface area contributed by atoms with Crippen molar-refractivity contribution in [3.8, 4) is 0 Å². The lowest BCUT2D eigenvalue weighted by atomic mass is 9.97. The molecule has 120 valence electrons. The number of benzene rings is 1. The predicted octanol–water partition coefficient (Wildman–Crippen LogP) is 4.76. The van der Waals surface area contributed by atoms with Gasteiger partial charge in [0.1, 0.15) is 0 Å². The van der Waals surface area contributed by atoms with Crippen molar-refractivity contribution in [2.24, 2.45) is 0 Å². The molecule has 2 atom stereocenters. The van der Waals surface area contributed by atoms with Crippen molar-refractivity contribution in [3.05, 3.63) is 34.3 Å². The first-order valence-corrected chi connectivity index (χ1v) is 8.60. The quantitative estimate of drug-likeness (QED) is 0.672. The van der Waals surface area contributed by atoms with Crippen molar-refractivity contribution in [1.82, 2.24) is 5.32 Å². The molecule has 0 saturated carbocycles. The Morgan fingerprint density at radius 2 is 1.95 bits per heavy atom. The van der Waals surface area contributed by atoms with Crippen LogP contribution in [0.1, 0.15) is 51.2 Å². The van der Waals surface area contributed by atoms with Gasteiger partial charge in [-0.3, -0.25) is 0 Å². The minimum absolute atomic E-state index is 0.254. The average Bonchev–Trinajstić information content (AvgIpc) is 2.45. The van der Waals surface area contributed by atoms with Crippen LogP contribution in [0.4, 0.5) is 0 Å². The lowest BCUT2D eigenvalue weighted by Crippen LogP contribution is -2.43. The van der Waals surface area contributed by atoms with Gasteiger partial charge in [0, 0.05) is 17.7 Å². The van der Waals surface area contributed by atoms with Gasteiger partial charge in [-0.15, -0.1) is 0 Å². The molecule has 3 heteroatoms. The summed E-state index contributed by atoms with van der Waals surface area (Å²) in [6.07, 6.45) is 4.52. The normalized spacial score (nSPS) is 14.1. The van der Waals surface area contributed by atoms with Crippen LogP contribution < -0.4 is 5.32 Å². The SMILES string of the molecule is CCCNC(Cc1ccc(C)cc1Cl)C(CCC)OCC. The monoisotopic (exact) mass is 311 g/mol. The molecular weight excluding hydrogens is 282 g/mol. The fourth-order valence-corrected chi connectivity index (χ4v) is 2.93. The minimum Gasteiger partial charge on any atom is -0.377 e. The first kappa shape index (κ1) is 18.5. The molecule has 1 N–H and O–H groups in total. The Morgan fingerprint density at radius 3 is 2.52 bits per heavy atom. The van der Waals surface area contributed by atoms with Gasteiger partial charge >= 0.3 is 0 Å². The van der Waals surface area contributed by atoms with Gasteiger partial charge < -0.3 is 10.1 Å². The molecule has 0 aliphatic carbocycles. The number of nitrogens with one attached hydrogen (secondary N) is 1. The minimum atomic E-state index is 0.254. The number of halogens is 1. The second kappa shape index (κ2) is 10.2. The van der Waals surface area contributed by atoms with Gasteiger partial charge in [0.15, 0.2) is 0 Å². The van der Waals surface area contributed by atoms with Gasteiger partial charge in [0.2, 0.25) is 0 Å². The van der Waals surface area contributed by atoms with E-state index in [2.05, 4.69) is 45.1 Å². The molecular formula is C18H30ClNO. The van der Waals surface area contributed by atoms with E-state index in [-0.39, 0.29) is 6.10 Å². The van der Waals surface area contributed by atoms with Crippen LogP contribution in [0, 0.1) is 6.92 Å². The van der Waals surface area contributed by atoms with Crippen LogP contribution in [0.5, 0.6) is 0 Å². The van der Waals surface area contributed by atoms with Gasteiger partial charge in [-0.2, -0.15) is 0 Å². The lowest BCUT2D eigenvalue weighted by molar-refractivity contribution is 0.0282. The summed E-state index contributed by atoms with van der Waals surface area (Å²) in [4.78, 5) is 0. The third-order valence-corrected chi connectivity index (χ3v) is 4.06. The van der Waals surface area contributed by atoms with Crippen LogP contribution in [-0.2, 0) is 11.2 Å². The molecule has 0 aliphatic rings. The van der Waals surface area contributed by atoms with Gasteiger partial charge in [0.25, 0.3) is 0 Å². The highest BCUT2D eigenvalue weighted by Crippen LogP contribution is 2.21. The van der Waals surface area contributed by atoms with Crippen molar-refractivity contribution in [2.75, 3.05) is 13.2 Å². The van der Waals surface area contributed by atoms with Crippen LogP contribution in [0.15, 0.2) is 18.2 Å². The molecule has 0 fully saturated rings. The molecule has 0 saturated heterocycles. The van der Waals surface area contributed by atoms with Crippen molar-refractivity contribution < 1.29 is 4.74 Å². The number of ether oxygens (including phenoxy) is 1. The molecule has 0 spiro atoms. The summed E-state index contributed by atoms with van der Waals surface area (Å²) in [5, 5.41) is 4.51. The fraction of sp³-hybridized carbons (Fsp3) is 0.667. The Labute approximate surface area is 135 Å². The van der Waals surface area contributed by atoms with Crippen molar-refractivity contribution >= 4 is 11.6 Å². The van der Waals surface area contributed by atoms with Crippen LogP contribution in [0.25, 0.3) is 0 Å². The molecule has 1 aromatic carbocycles. The Bertz CT molecular complexity index is 402. The van der Waals surface area contributed by atoms with Crippen molar-refractivity contribution in [1.29, 1.82) is 0 Å². The van der Waals surface area contributed by atoms with E-state index in [1.54, 1.807) is 0 Å². The zero-order chi connectivity index (χ0) is 15.7. The Hall–Kier alpha value is -0.570. The van der Waals surface area contributed by atoms with Gasteiger partial charge in [-0.1, -0.05) is 44.0 Å². The second-order valence-electron chi connectivity index (χ2n) is 5.64. The summed E-state index contributed by atoms with van der Waals surface area (Å²) in [5.74, 6) is 0. The number of rotatable bonds is 10. The fourth-order valence-electron chi connectivity index (χ4n) is 2.62. The zero-order valence-corrected chi connectivity index (χ0v) is 14.7. The molecule has 1 aromatic rings. The van der Waals surface area contributed by atoms with Crippen LogP contribution in [0.3, 0.4) is 0 Å². The van der Waals surface area contributed by atoms with E-state index < -0.39 is 0 Å². The third kappa shape index (κ3) is 6.37. The first-order valence-electron chi connectivity index (χ1n) is 8.22. The highest BCUT2D eigenvalue weighted by Gasteiger charge is 2.21. The molecule has 2 nitrogen and oxygen atoms in total. The first-order chi connectivity index (χ1) is 10.1. The van der Waals surface area contributed by atoms with Crippen molar-refractivity contribution in [3.63, 3.8) is 0 Å².